The first-order chi connectivity index (χ1) is 49.8. The molecule has 2 saturated heterocycles. The summed E-state index contributed by atoms with van der Waals surface area (Å²) in [5.74, 6) is -7.90. The van der Waals surface area contributed by atoms with Crippen molar-refractivity contribution in [2.75, 3.05) is 67.5 Å². The number of nitrogens with one attached hydrogen (secondary N) is 4. The number of likely N-dealkylation sites (N-methyl/N-ethyl adjacent to an activating group) is 2. The van der Waals surface area contributed by atoms with Crippen molar-refractivity contribution in [3.63, 3.8) is 0 Å². The Hall–Kier alpha value is -9.02. The van der Waals surface area contributed by atoms with E-state index < -0.39 is 139 Å². The van der Waals surface area contributed by atoms with Crippen LogP contribution in [-0.4, -0.2) is 214 Å². The summed E-state index contributed by atoms with van der Waals surface area (Å²) in [5.41, 5.74) is 5.33. The predicted octanol–water partition coefficient (Wildman–Crippen LogP) is 7.53. The molecule has 1 aliphatic carbocycles. The number of quaternary nitrogens is 1. The number of aliphatic hydroxyl groups is 1. The summed E-state index contributed by atoms with van der Waals surface area (Å²) in [4.78, 5) is 141. The molecule has 4 aromatic rings. The SMILES string of the molecule is CC[C@H](C)[C@@H]([C@H](CC(=O)N1CCC[C@H]1[C@H](OC)[C@@H](C)C(=O)N[C@H](C)[C@H](O)c1ccccc1)OC)N(C)C(=O)[C@@H](NC(=O)[C@H](C(C)C)[N+](C)(C)Cc1ccc(O[C@@H]2O[C@H](C(=O)OC)[C@@H](OC(C)=O)[C@@H](OC(C)=O)[C@@H]2OC(C)=O)c(NC(=O)CCNC(=O)OCC2c3ccccc3-c3ccccc32)c1)C(C)C. The summed E-state index contributed by atoms with van der Waals surface area (Å²) in [7, 11) is 9.41. The molecular formula is C78H108N7O20+. The first-order valence-electron chi connectivity index (χ1n) is 36.0. The molecule has 2 fully saturated rings. The Morgan fingerprint density at radius 1 is 0.724 bits per heavy atom. The fourth-order valence-electron chi connectivity index (χ4n) is 15.0. The van der Waals surface area contributed by atoms with Gasteiger partial charge in [-0.3, -0.25) is 38.4 Å². The molecule has 574 valence electrons. The van der Waals surface area contributed by atoms with Gasteiger partial charge < -0.3 is 83.3 Å². The second-order valence-electron chi connectivity index (χ2n) is 28.8. The summed E-state index contributed by atoms with van der Waals surface area (Å²) in [5, 5.41) is 22.6. The van der Waals surface area contributed by atoms with E-state index >= 15 is 9.59 Å². The van der Waals surface area contributed by atoms with E-state index in [0.717, 1.165) is 50.1 Å². The molecule has 0 bridgehead atoms. The van der Waals surface area contributed by atoms with Gasteiger partial charge in [-0.2, -0.15) is 0 Å². The Labute approximate surface area is 615 Å². The Bertz CT molecular complexity index is 3640. The molecule has 6 amide bonds. The second kappa shape index (κ2) is 37.8. The van der Waals surface area contributed by atoms with Crippen LogP contribution in [0.4, 0.5) is 10.5 Å². The summed E-state index contributed by atoms with van der Waals surface area (Å²) in [6, 6.07) is 25.9. The van der Waals surface area contributed by atoms with Crippen LogP contribution >= 0.6 is 0 Å². The van der Waals surface area contributed by atoms with Crippen LogP contribution in [0.15, 0.2) is 97.1 Å². The maximum atomic E-state index is 15.2. The molecule has 27 heteroatoms. The zero-order chi connectivity index (χ0) is 77.3. The highest BCUT2D eigenvalue weighted by Crippen LogP contribution is 2.45. The van der Waals surface area contributed by atoms with Gasteiger partial charge in [0.25, 0.3) is 5.91 Å². The van der Waals surface area contributed by atoms with Crippen molar-refractivity contribution in [3.8, 4) is 16.9 Å². The van der Waals surface area contributed by atoms with Gasteiger partial charge in [-0.25, -0.2) is 9.59 Å². The standard InChI is InChI=1S/C78H107N7O20/c1-18-45(6)65(61(97-15)40-63(90)84-38-26-33-59(84)68(98-16)46(7)73(92)80-47(8)67(91)52-27-20-19-21-28-52)83(12)75(94)64(43(2)3)82-74(93)66(44(4)5)85(13,14)41-51-34-35-60(104-77-72(103-50(11)88)70(102-49(10)87)69(101-48(9)86)71(105-77)76(95)99-17)58(39-51)81-62(89)36-37-79-78(96)100-42-57-55-31-24-22-29-53(55)54-30-23-25-32-56(54)57/h19-25,27-32,34-35,39,43-47,57,59,61,64-72,77,91H,18,26,33,36-38,40-42H2,1-17H3,(H3-,79,80,81,82,89,92,93,96)/p+1/t45-,46+,47+,59-,61-,64-,65-,66-,67-,68+,69-,70+,71-,72-,77+/m0/s1. The summed E-state index contributed by atoms with van der Waals surface area (Å²) >= 11 is 0. The normalized spacial score (nSPS) is 20.4. The first kappa shape index (κ1) is 83.3. The second-order valence-corrected chi connectivity index (χ2v) is 28.8. The molecule has 15 atom stereocenters. The lowest BCUT2D eigenvalue weighted by molar-refractivity contribution is -0.922. The van der Waals surface area contributed by atoms with E-state index in [4.69, 9.17) is 42.6 Å². The van der Waals surface area contributed by atoms with Crippen LogP contribution in [0, 0.1) is 23.7 Å². The van der Waals surface area contributed by atoms with Crippen molar-refractivity contribution >= 4 is 65.2 Å². The third-order valence-corrected chi connectivity index (χ3v) is 20.1. The van der Waals surface area contributed by atoms with Gasteiger partial charge in [-0.15, -0.1) is 0 Å². The Kier molecular flexibility index (Phi) is 30.0. The molecule has 0 aromatic heterocycles. The van der Waals surface area contributed by atoms with Crippen LogP contribution in [-0.2, 0) is 87.6 Å². The van der Waals surface area contributed by atoms with Crippen molar-refractivity contribution in [1.82, 2.24) is 25.8 Å². The molecule has 0 unspecified atom stereocenters. The van der Waals surface area contributed by atoms with E-state index in [1.165, 1.54) is 20.3 Å². The highest BCUT2D eigenvalue weighted by molar-refractivity contribution is 5.93. The molecule has 5 N–H and O–H groups in total. The van der Waals surface area contributed by atoms with Gasteiger partial charge in [0, 0.05) is 78.9 Å². The van der Waals surface area contributed by atoms with E-state index in [1.54, 1.807) is 55.0 Å². The zero-order valence-electron chi connectivity index (χ0n) is 63.5. The van der Waals surface area contributed by atoms with Crippen molar-refractivity contribution < 1.29 is 100 Å². The van der Waals surface area contributed by atoms with Crippen molar-refractivity contribution in [1.29, 1.82) is 0 Å². The van der Waals surface area contributed by atoms with Gasteiger partial charge in [0.15, 0.2) is 24.4 Å². The number of hydrogen-bond acceptors (Lipinski definition) is 20. The lowest BCUT2D eigenvalue weighted by atomic mass is 9.89. The molecule has 7 rings (SSSR count). The van der Waals surface area contributed by atoms with Crippen LogP contribution < -0.4 is 26.0 Å². The van der Waals surface area contributed by atoms with Gasteiger partial charge in [-0.05, 0) is 77.6 Å². The summed E-state index contributed by atoms with van der Waals surface area (Å²) < 4.78 is 52.1. The number of likely N-dealkylation sites (tertiary alicyclic amines) is 1. The summed E-state index contributed by atoms with van der Waals surface area (Å²) in [6.45, 7) is 18.4. The van der Waals surface area contributed by atoms with Gasteiger partial charge in [0.2, 0.25) is 36.0 Å². The maximum Gasteiger partial charge on any atom is 0.407 e. The number of methoxy groups -OCH3 is 3. The number of fused-ring (bicyclic) bond motifs is 3. The lowest BCUT2D eigenvalue weighted by Gasteiger charge is -2.43. The zero-order valence-corrected chi connectivity index (χ0v) is 63.5. The van der Waals surface area contributed by atoms with E-state index in [-0.39, 0.29) is 78.0 Å². The number of amides is 6. The lowest BCUT2D eigenvalue weighted by Crippen LogP contribution is -2.64. The molecule has 0 spiro atoms. The van der Waals surface area contributed by atoms with Crippen molar-refractivity contribution in [2.24, 2.45) is 23.7 Å². The van der Waals surface area contributed by atoms with E-state index in [9.17, 15) is 43.5 Å². The minimum absolute atomic E-state index is 0.00348. The Balaban J connectivity index is 1.10. The Morgan fingerprint density at radius 3 is 1.90 bits per heavy atom. The van der Waals surface area contributed by atoms with E-state index in [2.05, 4.69) is 21.3 Å². The molecular weight excluding hydrogens is 1350 g/mol. The largest absolute Gasteiger partial charge is 0.467 e. The smallest absolute Gasteiger partial charge is 0.407 e. The van der Waals surface area contributed by atoms with Crippen molar-refractivity contribution in [3.05, 3.63) is 119 Å². The van der Waals surface area contributed by atoms with E-state index in [1.807, 2.05) is 122 Å². The van der Waals surface area contributed by atoms with Gasteiger partial charge in [-0.1, -0.05) is 134 Å². The number of aliphatic hydroxyl groups excluding tert-OH is 1. The van der Waals surface area contributed by atoms with Crippen LogP contribution in [0.25, 0.3) is 11.1 Å². The minimum Gasteiger partial charge on any atom is -0.467 e. The predicted molar refractivity (Wildman–Crippen MR) is 387 cm³/mol. The molecule has 27 nitrogen and oxygen atoms in total. The molecule has 4 aromatic carbocycles. The molecule has 0 radical (unpaired) electrons. The van der Waals surface area contributed by atoms with Crippen LogP contribution in [0.5, 0.6) is 5.75 Å². The monoisotopic (exact) mass is 1460 g/mol. The van der Waals surface area contributed by atoms with Crippen LogP contribution in [0.3, 0.4) is 0 Å². The van der Waals surface area contributed by atoms with Gasteiger partial charge >= 0.3 is 30.0 Å². The molecule has 3 aliphatic rings. The fraction of sp³-hybridized carbons (Fsp3) is 0.564. The summed E-state index contributed by atoms with van der Waals surface area (Å²) in [6.07, 6.45) is -10.5. The van der Waals surface area contributed by atoms with Crippen LogP contribution in [0.1, 0.15) is 143 Å². The van der Waals surface area contributed by atoms with E-state index in [0.29, 0.717) is 36.9 Å². The number of anilines is 1. The quantitative estimate of drug-likeness (QED) is 0.0171. The number of esters is 4. The number of ether oxygens (including phenoxy) is 9. The minimum atomic E-state index is -1.82. The third-order valence-electron chi connectivity index (χ3n) is 20.1. The highest BCUT2D eigenvalue weighted by atomic mass is 16.7. The number of carbonyl (C=O) groups excluding carboxylic acids is 10. The average Bonchev–Trinajstić information content (AvgIpc) is 1.73. The topological polar surface area (TPSA) is 329 Å². The fourth-order valence-corrected chi connectivity index (χ4v) is 15.0. The number of carbonyl (C=O) groups is 10. The average molecular weight is 1460 g/mol. The van der Waals surface area contributed by atoms with Gasteiger partial charge in [0.1, 0.15) is 24.9 Å². The molecule has 0 saturated carbocycles. The Morgan fingerprint density at radius 2 is 1.32 bits per heavy atom. The number of hydrogen-bond donors (Lipinski definition) is 5. The highest BCUT2D eigenvalue weighted by Gasteiger charge is 2.56. The first-order valence-corrected chi connectivity index (χ1v) is 36.0. The number of nitrogens with zero attached hydrogens (tertiary/aromatic N) is 3. The van der Waals surface area contributed by atoms with Crippen LogP contribution in [0.2, 0.25) is 0 Å². The number of rotatable bonds is 34. The maximum absolute atomic E-state index is 15.2. The molecule has 2 heterocycles. The molecule has 105 heavy (non-hydrogen) atoms. The molecule has 2 aliphatic heterocycles. The third kappa shape index (κ3) is 20.9. The van der Waals surface area contributed by atoms with Crippen molar-refractivity contribution in [2.45, 2.75) is 200 Å². The van der Waals surface area contributed by atoms with Gasteiger partial charge in [0.05, 0.1) is 75.7 Å². The number of alkyl carbamates (subject to hydrolysis) is 1. The number of benzene rings is 4.